The van der Waals surface area contributed by atoms with Gasteiger partial charge >= 0.3 is 5.97 Å². The second-order valence-electron chi connectivity index (χ2n) is 14.0. The molecule has 1 aromatic heterocycles. The van der Waals surface area contributed by atoms with E-state index in [4.69, 9.17) is 9.72 Å². The minimum absolute atomic E-state index is 0.267. The van der Waals surface area contributed by atoms with Crippen LogP contribution in [0, 0.1) is 19.3 Å². The SMILES string of the molecule is Cc1ccccc1CN1CCc2cc(-c3cnc(C)c(C(OC(C)(C)C)C(=O)O)c3N3CCC(C)(C)CC3)ccc2C1. The average Bonchev–Trinajstić information content (AvgIpc) is 2.92. The number of fused-ring (bicyclic) bond motifs is 1. The van der Waals surface area contributed by atoms with Crippen molar-refractivity contribution in [1.82, 2.24) is 9.88 Å². The third-order valence-electron chi connectivity index (χ3n) is 8.94. The summed E-state index contributed by atoms with van der Waals surface area (Å²) in [4.78, 5) is 22.4. The van der Waals surface area contributed by atoms with Gasteiger partial charge in [0.1, 0.15) is 0 Å². The summed E-state index contributed by atoms with van der Waals surface area (Å²) in [6.45, 7) is 19.1. The Morgan fingerprint density at radius 3 is 2.43 bits per heavy atom. The molecule has 2 aliphatic heterocycles. The van der Waals surface area contributed by atoms with Crippen molar-refractivity contribution in [2.45, 2.75) is 92.5 Å². The van der Waals surface area contributed by atoms with Gasteiger partial charge in [0.2, 0.25) is 0 Å². The third-order valence-corrected chi connectivity index (χ3v) is 8.94. The maximum Gasteiger partial charge on any atom is 0.337 e. The number of benzene rings is 2. The molecule has 5 rings (SSSR count). The highest BCUT2D eigenvalue weighted by Crippen LogP contribution is 2.44. The van der Waals surface area contributed by atoms with Crippen LogP contribution in [0.5, 0.6) is 0 Å². The number of carboxylic acid groups (broad SMARTS) is 1. The molecule has 42 heavy (non-hydrogen) atoms. The van der Waals surface area contributed by atoms with Crippen LogP contribution in [0.3, 0.4) is 0 Å². The monoisotopic (exact) mass is 569 g/mol. The molecule has 1 fully saturated rings. The first-order valence-electron chi connectivity index (χ1n) is 15.4. The largest absolute Gasteiger partial charge is 0.479 e. The van der Waals surface area contributed by atoms with Crippen LogP contribution in [0.25, 0.3) is 11.1 Å². The number of anilines is 1. The fourth-order valence-corrected chi connectivity index (χ4v) is 6.34. The molecule has 2 aliphatic rings. The predicted molar refractivity (Wildman–Crippen MR) is 170 cm³/mol. The number of rotatable bonds is 7. The fraction of sp³-hybridized carbons (Fsp3) is 0.500. The molecule has 1 unspecified atom stereocenters. The van der Waals surface area contributed by atoms with Gasteiger partial charge in [-0.1, -0.05) is 56.3 Å². The van der Waals surface area contributed by atoms with Crippen molar-refractivity contribution >= 4 is 11.7 Å². The number of ether oxygens (including phenoxy) is 1. The lowest BCUT2D eigenvalue weighted by molar-refractivity contribution is -0.160. The highest BCUT2D eigenvalue weighted by Gasteiger charge is 2.36. The van der Waals surface area contributed by atoms with Crippen molar-refractivity contribution < 1.29 is 14.6 Å². The van der Waals surface area contributed by atoms with Gasteiger partial charge in [-0.25, -0.2) is 4.79 Å². The Kier molecular flexibility index (Phi) is 8.51. The minimum atomic E-state index is -1.10. The topological polar surface area (TPSA) is 65.9 Å². The number of carbonyl (C=O) groups is 1. The van der Waals surface area contributed by atoms with Crippen molar-refractivity contribution in [1.29, 1.82) is 0 Å². The Morgan fingerprint density at radius 2 is 1.76 bits per heavy atom. The van der Waals surface area contributed by atoms with Crippen molar-refractivity contribution in [3.63, 3.8) is 0 Å². The molecule has 2 aromatic carbocycles. The molecular formula is C36H47N3O3. The molecule has 6 heteroatoms. The number of pyridine rings is 1. The summed E-state index contributed by atoms with van der Waals surface area (Å²) < 4.78 is 6.22. The van der Waals surface area contributed by atoms with Crippen LogP contribution in [0.15, 0.2) is 48.7 Å². The van der Waals surface area contributed by atoms with E-state index in [1.54, 1.807) is 0 Å². The molecule has 1 saturated heterocycles. The number of carboxylic acids is 1. The van der Waals surface area contributed by atoms with E-state index in [1.807, 2.05) is 33.9 Å². The summed E-state index contributed by atoms with van der Waals surface area (Å²) in [6, 6.07) is 15.4. The lowest BCUT2D eigenvalue weighted by Gasteiger charge is -2.41. The zero-order chi connectivity index (χ0) is 30.2. The average molecular weight is 570 g/mol. The Labute approximate surface area is 251 Å². The van der Waals surface area contributed by atoms with Crippen LogP contribution < -0.4 is 4.90 Å². The molecule has 0 spiro atoms. The highest BCUT2D eigenvalue weighted by molar-refractivity contribution is 5.86. The van der Waals surface area contributed by atoms with Crippen LogP contribution in [-0.2, 0) is 29.0 Å². The van der Waals surface area contributed by atoms with Gasteiger partial charge in [-0.05, 0) is 87.1 Å². The summed E-state index contributed by atoms with van der Waals surface area (Å²) in [6.07, 6.45) is 3.92. The molecule has 3 aromatic rings. The summed E-state index contributed by atoms with van der Waals surface area (Å²) in [5, 5.41) is 10.4. The summed E-state index contributed by atoms with van der Waals surface area (Å²) >= 11 is 0. The molecule has 0 aliphatic carbocycles. The van der Waals surface area contributed by atoms with E-state index >= 15 is 0 Å². The van der Waals surface area contributed by atoms with Crippen LogP contribution in [0.2, 0.25) is 0 Å². The van der Waals surface area contributed by atoms with Crippen LogP contribution >= 0.6 is 0 Å². The van der Waals surface area contributed by atoms with E-state index in [1.165, 1.54) is 22.3 Å². The Hall–Kier alpha value is -3.22. The van der Waals surface area contributed by atoms with Gasteiger partial charge in [0.15, 0.2) is 6.10 Å². The number of hydrogen-bond acceptors (Lipinski definition) is 5. The van der Waals surface area contributed by atoms with Crippen LogP contribution in [0.4, 0.5) is 5.69 Å². The second-order valence-corrected chi connectivity index (χ2v) is 14.0. The van der Waals surface area contributed by atoms with Crippen molar-refractivity contribution in [3.8, 4) is 11.1 Å². The van der Waals surface area contributed by atoms with E-state index in [2.05, 4.69) is 73.0 Å². The van der Waals surface area contributed by atoms with Gasteiger partial charge in [-0.15, -0.1) is 0 Å². The molecule has 224 valence electrons. The molecular weight excluding hydrogens is 522 g/mol. The zero-order valence-electron chi connectivity index (χ0n) is 26.5. The first kappa shape index (κ1) is 30.2. The molecule has 0 bridgehead atoms. The van der Waals surface area contributed by atoms with Gasteiger partial charge in [-0.2, -0.15) is 0 Å². The molecule has 6 nitrogen and oxygen atoms in total. The smallest absolute Gasteiger partial charge is 0.337 e. The van der Waals surface area contributed by atoms with Gasteiger partial charge in [0, 0.05) is 55.7 Å². The molecule has 1 atom stereocenters. The van der Waals surface area contributed by atoms with Crippen LogP contribution in [0.1, 0.15) is 87.1 Å². The normalized spacial score (nSPS) is 18.0. The number of nitrogens with zero attached hydrogens (tertiary/aromatic N) is 3. The van der Waals surface area contributed by atoms with Gasteiger partial charge in [0.05, 0.1) is 11.3 Å². The molecule has 1 N–H and O–H groups in total. The number of aliphatic carboxylic acids is 1. The second kappa shape index (κ2) is 11.8. The van der Waals surface area contributed by atoms with E-state index in [0.29, 0.717) is 11.3 Å². The third kappa shape index (κ3) is 6.71. The number of hydrogen-bond donors (Lipinski definition) is 1. The first-order chi connectivity index (χ1) is 19.8. The number of aryl methyl sites for hydroxylation is 2. The standard InChI is InChI=1S/C36H47N3O3/c1-24-10-8-9-11-28(24)22-38-17-14-26-20-27(12-13-29(26)23-38)30-21-37-25(2)31(33(34(40)41)42-35(3,4)5)32(30)39-18-15-36(6,7)16-19-39/h8-13,20-21,33H,14-19,22-23H2,1-7H3,(H,40,41). The summed E-state index contributed by atoms with van der Waals surface area (Å²) in [5.41, 5.74) is 9.52. The maximum absolute atomic E-state index is 12.7. The van der Waals surface area contributed by atoms with Gasteiger partial charge in [0.25, 0.3) is 0 Å². The summed E-state index contributed by atoms with van der Waals surface area (Å²) in [7, 11) is 0. The van der Waals surface area contributed by atoms with E-state index in [9.17, 15) is 9.90 Å². The Morgan fingerprint density at radius 1 is 1.05 bits per heavy atom. The number of piperidine rings is 1. The maximum atomic E-state index is 12.7. The summed E-state index contributed by atoms with van der Waals surface area (Å²) in [5.74, 6) is -0.982. The number of aromatic nitrogens is 1. The van der Waals surface area contributed by atoms with E-state index in [0.717, 1.165) is 68.8 Å². The van der Waals surface area contributed by atoms with Crippen molar-refractivity contribution in [2.75, 3.05) is 24.5 Å². The van der Waals surface area contributed by atoms with E-state index < -0.39 is 17.7 Å². The molecule has 0 saturated carbocycles. The van der Waals surface area contributed by atoms with E-state index in [-0.39, 0.29) is 5.41 Å². The quantitative estimate of drug-likeness (QED) is 0.318. The predicted octanol–water partition coefficient (Wildman–Crippen LogP) is 7.49. The first-order valence-corrected chi connectivity index (χ1v) is 15.4. The van der Waals surface area contributed by atoms with Crippen molar-refractivity contribution in [3.05, 3.63) is 82.2 Å². The van der Waals surface area contributed by atoms with Crippen molar-refractivity contribution in [2.24, 2.45) is 5.41 Å². The molecule has 3 heterocycles. The fourth-order valence-electron chi connectivity index (χ4n) is 6.34. The van der Waals surface area contributed by atoms with Gasteiger partial charge in [-0.3, -0.25) is 9.88 Å². The van der Waals surface area contributed by atoms with Crippen LogP contribution in [-0.4, -0.2) is 46.2 Å². The molecule has 0 radical (unpaired) electrons. The Bertz CT molecular complexity index is 1450. The lowest BCUT2D eigenvalue weighted by atomic mass is 9.82. The minimum Gasteiger partial charge on any atom is -0.479 e. The Balaban J connectivity index is 1.54. The highest BCUT2D eigenvalue weighted by atomic mass is 16.5. The lowest BCUT2D eigenvalue weighted by Crippen LogP contribution is -2.39. The van der Waals surface area contributed by atoms with Gasteiger partial charge < -0.3 is 14.7 Å². The zero-order valence-corrected chi connectivity index (χ0v) is 26.5. The molecule has 0 amide bonds.